The van der Waals surface area contributed by atoms with Gasteiger partial charge in [0.25, 0.3) is 11.5 Å². The van der Waals surface area contributed by atoms with Crippen molar-refractivity contribution in [1.29, 1.82) is 5.26 Å². The minimum atomic E-state index is -0.668. The fourth-order valence-electron chi connectivity index (χ4n) is 3.44. The van der Waals surface area contributed by atoms with E-state index in [4.69, 9.17) is 0 Å². The molecule has 0 unspecified atom stereocenters. The van der Waals surface area contributed by atoms with Crippen molar-refractivity contribution in [1.82, 2.24) is 19.6 Å². The number of hydrogen-bond donors (Lipinski definition) is 2. The first-order valence-electron chi connectivity index (χ1n) is 9.87. The lowest BCUT2D eigenvalue weighted by molar-refractivity contribution is -0.112. The molecule has 0 spiro atoms. The lowest BCUT2D eigenvalue weighted by Crippen LogP contribution is -2.23. The van der Waals surface area contributed by atoms with Crippen molar-refractivity contribution < 1.29 is 4.79 Å². The molecule has 0 radical (unpaired) electrons. The average molecular weight is 424 g/mol. The molecule has 1 amide bonds. The molecule has 0 saturated heterocycles. The summed E-state index contributed by atoms with van der Waals surface area (Å²) in [6.45, 7) is 1.73. The summed E-state index contributed by atoms with van der Waals surface area (Å²) in [5.74, 6) is -0.668. The highest BCUT2D eigenvalue weighted by molar-refractivity contribution is 6.10. The van der Waals surface area contributed by atoms with Crippen molar-refractivity contribution in [3.8, 4) is 23.0 Å². The number of anilines is 1. The number of nitrogens with one attached hydrogen (secondary N) is 2. The topological polar surface area (TPSA) is 108 Å². The van der Waals surface area contributed by atoms with Gasteiger partial charge in [0.05, 0.1) is 23.3 Å². The lowest BCUT2D eigenvalue weighted by atomic mass is 10.1. The smallest absolute Gasteiger partial charge is 0.295 e. The Kier molecular flexibility index (Phi) is 5.55. The van der Waals surface area contributed by atoms with Crippen LogP contribution in [0.4, 0.5) is 5.69 Å². The summed E-state index contributed by atoms with van der Waals surface area (Å²) in [6, 6.07) is 20.5. The molecule has 0 aliphatic rings. The Morgan fingerprint density at radius 1 is 1.12 bits per heavy atom. The fraction of sp³-hybridized carbons (Fsp3) is 0.0833. The summed E-state index contributed by atoms with van der Waals surface area (Å²) in [5, 5.41) is 19.2. The third kappa shape index (κ3) is 3.75. The monoisotopic (exact) mass is 424 g/mol. The minimum Gasteiger partial charge on any atom is -0.315 e. The second-order valence-electron chi connectivity index (χ2n) is 7.13. The van der Waals surface area contributed by atoms with Crippen molar-refractivity contribution in [3.63, 3.8) is 0 Å². The highest BCUT2D eigenvalue weighted by Crippen LogP contribution is 2.23. The van der Waals surface area contributed by atoms with Crippen LogP contribution in [-0.4, -0.2) is 25.5 Å². The second kappa shape index (κ2) is 8.62. The van der Waals surface area contributed by atoms with E-state index in [0.29, 0.717) is 22.6 Å². The van der Waals surface area contributed by atoms with Crippen LogP contribution in [0.25, 0.3) is 23.0 Å². The number of carbonyl (C=O) groups is 1. The molecule has 32 heavy (non-hydrogen) atoms. The third-order valence-corrected chi connectivity index (χ3v) is 5.19. The van der Waals surface area contributed by atoms with Crippen molar-refractivity contribution in [3.05, 3.63) is 94.0 Å². The highest BCUT2D eigenvalue weighted by Gasteiger charge is 2.20. The average Bonchev–Trinajstić information content (AvgIpc) is 3.37. The van der Waals surface area contributed by atoms with E-state index < -0.39 is 5.91 Å². The Bertz CT molecular complexity index is 1400. The summed E-state index contributed by atoms with van der Waals surface area (Å²) in [4.78, 5) is 25.9. The molecule has 2 aromatic carbocycles. The number of nitrogens with zero attached hydrogens (tertiary/aromatic N) is 4. The predicted molar refractivity (Wildman–Crippen MR) is 122 cm³/mol. The quantitative estimate of drug-likeness (QED) is 0.378. The molecule has 8 nitrogen and oxygen atoms in total. The van der Waals surface area contributed by atoms with Gasteiger partial charge in [-0.1, -0.05) is 48.5 Å². The maximum absolute atomic E-state index is 13.0. The molecule has 4 aromatic rings. The maximum Gasteiger partial charge on any atom is 0.295 e. The largest absolute Gasteiger partial charge is 0.315 e. The van der Waals surface area contributed by atoms with Gasteiger partial charge < -0.3 is 5.32 Å². The number of nitriles is 1. The van der Waals surface area contributed by atoms with Crippen LogP contribution in [0, 0.1) is 18.3 Å². The van der Waals surface area contributed by atoms with Gasteiger partial charge >= 0.3 is 0 Å². The first-order chi connectivity index (χ1) is 15.5. The van der Waals surface area contributed by atoms with Gasteiger partial charge in [-0.3, -0.25) is 19.4 Å². The number of aromatic amines is 1. The number of benzene rings is 2. The standard InChI is InChI=1S/C24H20N6O2/c1-16-21(24(32)30(29(16)2)20-11-7-4-8-12-20)27-23(31)18(14-25)13-19-15-26-28-22(19)17-9-5-3-6-10-17/h3-13,15H,1-2H3,(H,26,28)(H,27,31)/b18-13+. The SMILES string of the molecule is Cc1c(NC(=O)/C(C#N)=C/c2cn[nH]c2-c2ccccc2)c(=O)n(-c2ccccc2)n1C. The van der Waals surface area contributed by atoms with Gasteiger partial charge in [-0.05, 0) is 25.1 Å². The lowest BCUT2D eigenvalue weighted by Gasteiger charge is -2.07. The van der Waals surface area contributed by atoms with Crippen molar-refractivity contribution in [2.45, 2.75) is 6.92 Å². The Balaban J connectivity index is 1.67. The molecular formula is C24H20N6O2. The summed E-state index contributed by atoms with van der Waals surface area (Å²) in [7, 11) is 1.73. The molecule has 0 saturated carbocycles. The number of hydrogen-bond acceptors (Lipinski definition) is 4. The van der Waals surface area contributed by atoms with E-state index >= 15 is 0 Å². The van der Waals surface area contributed by atoms with Crippen molar-refractivity contribution in [2.75, 3.05) is 5.32 Å². The fourth-order valence-corrected chi connectivity index (χ4v) is 3.44. The highest BCUT2D eigenvalue weighted by atomic mass is 16.2. The van der Waals surface area contributed by atoms with Crippen LogP contribution >= 0.6 is 0 Å². The molecule has 4 rings (SSSR count). The summed E-state index contributed by atoms with van der Waals surface area (Å²) < 4.78 is 3.12. The Hall–Kier alpha value is -4.64. The normalized spacial score (nSPS) is 11.2. The van der Waals surface area contributed by atoms with E-state index in [-0.39, 0.29) is 16.8 Å². The van der Waals surface area contributed by atoms with E-state index in [1.54, 1.807) is 37.0 Å². The second-order valence-corrected chi connectivity index (χ2v) is 7.13. The Morgan fingerprint density at radius 3 is 2.44 bits per heavy atom. The summed E-state index contributed by atoms with van der Waals surface area (Å²) in [6.07, 6.45) is 3.00. The molecule has 8 heteroatoms. The van der Waals surface area contributed by atoms with E-state index in [1.165, 1.54) is 10.8 Å². The molecule has 0 atom stereocenters. The van der Waals surface area contributed by atoms with E-state index in [0.717, 1.165) is 5.56 Å². The van der Waals surface area contributed by atoms with Crippen molar-refractivity contribution >= 4 is 17.7 Å². The van der Waals surface area contributed by atoms with Gasteiger partial charge in [-0.25, -0.2) is 4.68 Å². The number of amides is 1. The Morgan fingerprint density at radius 2 is 1.78 bits per heavy atom. The van der Waals surface area contributed by atoms with Crippen LogP contribution in [0.5, 0.6) is 0 Å². The van der Waals surface area contributed by atoms with Gasteiger partial charge in [-0.2, -0.15) is 10.4 Å². The van der Waals surface area contributed by atoms with Gasteiger partial charge in [0, 0.05) is 18.2 Å². The zero-order chi connectivity index (χ0) is 22.7. The molecular weight excluding hydrogens is 404 g/mol. The van der Waals surface area contributed by atoms with Crippen LogP contribution < -0.4 is 10.9 Å². The number of H-pyrrole nitrogens is 1. The predicted octanol–water partition coefficient (Wildman–Crippen LogP) is 3.42. The molecule has 0 aliphatic heterocycles. The zero-order valence-electron chi connectivity index (χ0n) is 17.5. The van der Waals surface area contributed by atoms with Gasteiger partial charge in [-0.15, -0.1) is 0 Å². The molecule has 2 aromatic heterocycles. The summed E-state index contributed by atoms with van der Waals surface area (Å²) >= 11 is 0. The van der Waals surface area contributed by atoms with Crippen LogP contribution in [-0.2, 0) is 11.8 Å². The van der Waals surface area contributed by atoms with Crippen LogP contribution in [0.1, 0.15) is 11.3 Å². The van der Waals surface area contributed by atoms with E-state index in [2.05, 4.69) is 15.5 Å². The number of carbonyl (C=O) groups excluding carboxylic acids is 1. The van der Waals surface area contributed by atoms with E-state index in [9.17, 15) is 14.9 Å². The number of aromatic nitrogens is 4. The maximum atomic E-state index is 13.0. The number of para-hydroxylation sites is 1. The first-order valence-corrected chi connectivity index (χ1v) is 9.87. The molecule has 158 valence electrons. The van der Waals surface area contributed by atoms with E-state index in [1.807, 2.05) is 54.6 Å². The molecule has 0 fully saturated rings. The van der Waals surface area contributed by atoms with Gasteiger partial charge in [0.1, 0.15) is 17.3 Å². The third-order valence-electron chi connectivity index (χ3n) is 5.19. The van der Waals surface area contributed by atoms with Crippen LogP contribution in [0.2, 0.25) is 0 Å². The van der Waals surface area contributed by atoms with Gasteiger partial charge in [0.2, 0.25) is 0 Å². The molecule has 2 heterocycles. The van der Waals surface area contributed by atoms with Crippen molar-refractivity contribution in [2.24, 2.45) is 7.05 Å². The Labute approximate surface area is 184 Å². The zero-order valence-corrected chi connectivity index (χ0v) is 17.5. The van der Waals surface area contributed by atoms with Crippen LogP contribution in [0.3, 0.4) is 0 Å². The van der Waals surface area contributed by atoms with Crippen LogP contribution in [0.15, 0.2) is 77.2 Å². The van der Waals surface area contributed by atoms with Gasteiger partial charge in [0.15, 0.2) is 0 Å². The number of rotatable bonds is 5. The molecule has 0 aliphatic carbocycles. The first kappa shape index (κ1) is 20.6. The minimum absolute atomic E-state index is 0.123. The molecule has 2 N–H and O–H groups in total. The molecule has 0 bridgehead atoms. The summed E-state index contributed by atoms with van der Waals surface area (Å²) in [5.41, 5.74) is 3.00.